The number of furan rings is 1. The van der Waals surface area contributed by atoms with Crippen LogP contribution in [0.15, 0.2) is 41.2 Å². The lowest BCUT2D eigenvalue weighted by Crippen LogP contribution is -1.90. The first-order valence-electron chi connectivity index (χ1n) is 3.95. The molecule has 0 amide bonds. The molecule has 3 heteroatoms. The van der Waals surface area contributed by atoms with Gasteiger partial charge in [0.15, 0.2) is 0 Å². The molecule has 3 nitrogen and oxygen atoms in total. The third kappa shape index (κ3) is 1.24. The number of rotatable bonds is 1. The molecule has 0 aliphatic carbocycles. The van der Waals surface area contributed by atoms with Crippen LogP contribution in [0.2, 0.25) is 0 Å². The highest BCUT2D eigenvalue weighted by atomic mass is 16.3. The molecule has 0 bridgehead atoms. The number of nitrogens with two attached hydrogens (primary N) is 2. The van der Waals surface area contributed by atoms with Gasteiger partial charge in [-0.25, -0.2) is 0 Å². The van der Waals surface area contributed by atoms with E-state index in [2.05, 4.69) is 0 Å². The van der Waals surface area contributed by atoms with Crippen LogP contribution in [-0.2, 0) is 0 Å². The van der Waals surface area contributed by atoms with E-state index in [9.17, 15) is 0 Å². The third-order valence-corrected chi connectivity index (χ3v) is 1.94. The number of benzene rings is 1. The summed E-state index contributed by atoms with van der Waals surface area (Å²) >= 11 is 0. The van der Waals surface area contributed by atoms with Gasteiger partial charge in [-0.2, -0.15) is 0 Å². The molecule has 0 aliphatic heterocycles. The SMILES string of the molecule is Nc1ccccc1-c1cocc1N. The molecule has 1 aromatic carbocycles. The molecule has 4 N–H and O–H groups in total. The largest absolute Gasteiger partial charge is 0.470 e. The normalized spacial score (nSPS) is 10.2. The second-order valence-electron chi connectivity index (χ2n) is 2.83. The first kappa shape index (κ1) is 7.73. The van der Waals surface area contributed by atoms with Crippen LogP contribution in [0.4, 0.5) is 11.4 Å². The molecule has 0 fully saturated rings. The molecule has 13 heavy (non-hydrogen) atoms. The van der Waals surface area contributed by atoms with Crippen LogP contribution in [-0.4, -0.2) is 0 Å². The van der Waals surface area contributed by atoms with Crippen molar-refractivity contribution in [1.29, 1.82) is 0 Å². The molecule has 2 aromatic rings. The van der Waals surface area contributed by atoms with Crippen molar-refractivity contribution >= 4 is 11.4 Å². The van der Waals surface area contributed by atoms with Gasteiger partial charge in [0.25, 0.3) is 0 Å². The first-order chi connectivity index (χ1) is 6.29. The maximum atomic E-state index is 5.78. The van der Waals surface area contributed by atoms with Crippen LogP contribution in [0.5, 0.6) is 0 Å². The predicted octanol–water partition coefficient (Wildman–Crippen LogP) is 2.11. The summed E-state index contributed by atoms with van der Waals surface area (Å²) in [7, 11) is 0. The van der Waals surface area contributed by atoms with E-state index in [1.807, 2.05) is 24.3 Å². The van der Waals surface area contributed by atoms with Crippen molar-refractivity contribution in [3.63, 3.8) is 0 Å². The minimum atomic E-state index is 0.609. The second kappa shape index (κ2) is 2.86. The fraction of sp³-hybridized carbons (Fsp3) is 0. The summed E-state index contributed by atoms with van der Waals surface area (Å²) in [5, 5.41) is 0. The van der Waals surface area contributed by atoms with Crippen LogP contribution in [0.3, 0.4) is 0 Å². The average Bonchev–Trinajstić information content (AvgIpc) is 2.52. The zero-order valence-electron chi connectivity index (χ0n) is 7.03. The molecule has 0 spiro atoms. The van der Waals surface area contributed by atoms with E-state index in [-0.39, 0.29) is 0 Å². The second-order valence-corrected chi connectivity index (χ2v) is 2.83. The van der Waals surface area contributed by atoms with Gasteiger partial charge in [-0.1, -0.05) is 18.2 Å². The summed E-state index contributed by atoms with van der Waals surface area (Å²) in [4.78, 5) is 0. The first-order valence-corrected chi connectivity index (χ1v) is 3.95. The Morgan fingerprint density at radius 2 is 1.62 bits per heavy atom. The Labute approximate surface area is 76.0 Å². The van der Waals surface area contributed by atoms with Crippen LogP contribution >= 0.6 is 0 Å². The Hall–Kier alpha value is -1.90. The number of nitrogen functional groups attached to an aromatic ring is 2. The zero-order valence-corrected chi connectivity index (χ0v) is 7.03. The van der Waals surface area contributed by atoms with Gasteiger partial charge in [-0.15, -0.1) is 0 Å². The molecule has 1 aromatic heterocycles. The van der Waals surface area contributed by atoms with Crippen LogP contribution in [0.1, 0.15) is 0 Å². The minimum Gasteiger partial charge on any atom is -0.470 e. The Kier molecular flexibility index (Phi) is 1.70. The average molecular weight is 174 g/mol. The summed E-state index contributed by atoms with van der Waals surface area (Å²) in [5.41, 5.74) is 14.5. The molecule has 0 saturated carbocycles. The molecule has 0 radical (unpaired) electrons. The standard InChI is InChI=1S/C10H10N2O/c11-9-4-2-1-3-7(9)8-5-13-6-10(8)12/h1-6H,11-12H2. The molecule has 0 aliphatic rings. The summed E-state index contributed by atoms with van der Waals surface area (Å²) in [6.45, 7) is 0. The van der Waals surface area contributed by atoms with Gasteiger partial charge in [0.1, 0.15) is 12.5 Å². The minimum absolute atomic E-state index is 0.609. The summed E-state index contributed by atoms with van der Waals surface area (Å²) in [6, 6.07) is 7.55. The third-order valence-electron chi connectivity index (χ3n) is 1.94. The topological polar surface area (TPSA) is 65.2 Å². The fourth-order valence-corrected chi connectivity index (χ4v) is 1.27. The molecule has 0 saturated heterocycles. The van der Waals surface area contributed by atoms with Crippen molar-refractivity contribution in [3.05, 3.63) is 36.8 Å². The van der Waals surface area contributed by atoms with E-state index in [4.69, 9.17) is 15.9 Å². The summed E-state index contributed by atoms with van der Waals surface area (Å²) < 4.78 is 4.97. The molecule has 0 atom stereocenters. The van der Waals surface area contributed by atoms with Crippen molar-refractivity contribution in [2.45, 2.75) is 0 Å². The molecular weight excluding hydrogens is 164 g/mol. The molecular formula is C10H10N2O. The fourth-order valence-electron chi connectivity index (χ4n) is 1.27. The Morgan fingerprint density at radius 1 is 0.846 bits per heavy atom. The number of hydrogen-bond donors (Lipinski definition) is 2. The van der Waals surface area contributed by atoms with Gasteiger partial charge in [-0.3, -0.25) is 0 Å². The quantitative estimate of drug-likeness (QED) is 0.651. The van der Waals surface area contributed by atoms with Crippen molar-refractivity contribution in [2.75, 3.05) is 11.5 Å². The van der Waals surface area contributed by atoms with E-state index in [0.29, 0.717) is 11.4 Å². The van der Waals surface area contributed by atoms with Gasteiger partial charge < -0.3 is 15.9 Å². The number of para-hydroxylation sites is 1. The van der Waals surface area contributed by atoms with E-state index in [0.717, 1.165) is 11.1 Å². The molecule has 2 rings (SSSR count). The van der Waals surface area contributed by atoms with Gasteiger partial charge in [0.05, 0.1) is 5.69 Å². The lowest BCUT2D eigenvalue weighted by Gasteiger charge is -2.02. The van der Waals surface area contributed by atoms with Crippen LogP contribution in [0, 0.1) is 0 Å². The van der Waals surface area contributed by atoms with Gasteiger partial charge in [0.2, 0.25) is 0 Å². The predicted molar refractivity (Wildman–Crippen MR) is 53.0 cm³/mol. The van der Waals surface area contributed by atoms with E-state index in [1.54, 1.807) is 6.26 Å². The smallest absolute Gasteiger partial charge is 0.114 e. The van der Waals surface area contributed by atoms with Crippen molar-refractivity contribution < 1.29 is 4.42 Å². The maximum Gasteiger partial charge on any atom is 0.114 e. The highest BCUT2D eigenvalue weighted by molar-refractivity contribution is 5.83. The van der Waals surface area contributed by atoms with Gasteiger partial charge >= 0.3 is 0 Å². The zero-order chi connectivity index (χ0) is 9.26. The molecule has 1 heterocycles. The van der Waals surface area contributed by atoms with E-state index >= 15 is 0 Å². The number of hydrogen-bond acceptors (Lipinski definition) is 3. The maximum absolute atomic E-state index is 5.78. The molecule has 0 unspecified atom stereocenters. The monoisotopic (exact) mass is 174 g/mol. The van der Waals surface area contributed by atoms with E-state index in [1.165, 1.54) is 6.26 Å². The molecule has 66 valence electrons. The summed E-state index contributed by atoms with van der Waals surface area (Å²) in [5.74, 6) is 0. The lowest BCUT2D eigenvalue weighted by molar-refractivity contribution is 0.569. The van der Waals surface area contributed by atoms with Crippen molar-refractivity contribution in [1.82, 2.24) is 0 Å². The van der Waals surface area contributed by atoms with Crippen LogP contribution in [0.25, 0.3) is 11.1 Å². The van der Waals surface area contributed by atoms with Crippen molar-refractivity contribution in [3.8, 4) is 11.1 Å². The summed E-state index contributed by atoms with van der Waals surface area (Å²) in [6.07, 6.45) is 3.10. The van der Waals surface area contributed by atoms with Crippen molar-refractivity contribution in [2.24, 2.45) is 0 Å². The lowest BCUT2D eigenvalue weighted by atomic mass is 10.1. The highest BCUT2D eigenvalue weighted by Crippen LogP contribution is 2.30. The van der Waals surface area contributed by atoms with E-state index < -0.39 is 0 Å². The Bertz CT molecular complexity index is 420. The van der Waals surface area contributed by atoms with Crippen LogP contribution < -0.4 is 11.5 Å². The van der Waals surface area contributed by atoms with Gasteiger partial charge in [-0.05, 0) is 6.07 Å². The number of anilines is 2. The highest BCUT2D eigenvalue weighted by Gasteiger charge is 2.06. The van der Waals surface area contributed by atoms with Gasteiger partial charge in [0, 0.05) is 16.8 Å². The Balaban J connectivity index is 2.59. The Morgan fingerprint density at radius 3 is 2.23 bits per heavy atom.